The maximum Gasteiger partial charge on any atom is 0.283 e. The number of aryl methyl sites for hydroxylation is 1. The average Bonchev–Trinajstić information content (AvgIpc) is 3.14. The number of para-hydroxylation sites is 1. The monoisotopic (exact) mass is 541 g/mol. The smallest absolute Gasteiger partial charge is 0.283 e. The van der Waals surface area contributed by atoms with E-state index in [1.54, 1.807) is 66.7 Å². The summed E-state index contributed by atoms with van der Waals surface area (Å²) in [5.41, 5.74) is 2.69. The summed E-state index contributed by atoms with van der Waals surface area (Å²) in [5, 5.41) is 3.13. The Kier molecular flexibility index (Phi) is 7.04. The molecule has 9 heteroatoms. The van der Waals surface area contributed by atoms with Gasteiger partial charge in [-0.3, -0.25) is 14.3 Å². The first-order valence-corrected chi connectivity index (χ1v) is 14.0. The molecular formula is C29H23N3O4S2. The van der Waals surface area contributed by atoms with Crippen molar-refractivity contribution in [3.05, 3.63) is 125 Å². The lowest BCUT2D eigenvalue weighted by molar-refractivity contribution is -0.120. The summed E-state index contributed by atoms with van der Waals surface area (Å²) >= 11 is 1.10. The topological polar surface area (TPSA) is 95.6 Å². The first-order valence-electron chi connectivity index (χ1n) is 11.7. The van der Waals surface area contributed by atoms with Crippen LogP contribution in [0, 0.1) is 6.92 Å². The Morgan fingerprint density at radius 1 is 0.711 bits per heavy atom. The van der Waals surface area contributed by atoms with Crippen molar-refractivity contribution in [1.29, 1.82) is 0 Å². The van der Waals surface area contributed by atoms with Crippen molar-refractivity contribution in [2.75, 3.05) is 14.9 Å². The van der Waals surface area contributed by atoms with Gasteiger partial charge < -0.3 is 5.32 Å². The largest absolute Gasteiger partial charge is 0.350 e. The molecule has 4 aromatic rings. The average molecular weight is 542 g/mol. The van der Waals surface area contributed by atoms with Crippen LogP contribution in [-0.4, -0.2) is 20.2 Å². The van der Waals surface area contributed by atoms with Gasteiger partial charge in [0.05, 0.1) is 10.6 Å². The van der Waals surface area contributed by atoms with Crippen molar-refractivity contribution < 1.29 is 18.0 Å². The van der Waals surface area contributed by atoms with Crippen LogP contribution in [0.4, 0.5) is 17.1 Å². The second-order valence-corrected chi connectivity index (χ2v) is 11.3. The molecule has 1 heterocycles. The third-order valence-electron chi connectivity index (χ3n) is 5.74. The summed E-state index contributed by atoms with van der Waals surface area (Å²) in [6.07, 6.45) is 0. The van der Waals surface area contributed by atoms with Gasteiger partial charge in [-0.1, -0.05) is 71.9 Å². The fraction of sp³-hybridized carbons (Fsp3) is 0.0345. The van der Waals surface area contributed by atoms with E-state index in [2.05, 4.69) is 10.0 Å². The summed E-state index contributed by atoms with van der Waals surface area (Å²) in [6, 6.07) is 31.0. The highest BCUT2D eigenvalue weighted by Gasteiger charge is 2.40. The molecule has 2 N–H and O–H groups in total. The van der Waals surface area contributed by atoms with Crippen LogP contribution in [0.3, 0.4) is 0 Å². The van der Waals surface area contributed by atoms with Gasteiger partial charge in [-0.05, 0) is 61.5 Å². The lowest BCUT2D eigenvalue weighted by atomic mass is 10.2. The Balaban J connectivity index is 1.47. The van der Waals surface area contributed by atoms with Crippen molar-refractivity contribution in [1.82, 2.24) is 0 Å². The molecule has 1 aliphatic heterocycles. The van der Waals surface area contributed by atoms with Crippen LogP contribution in [0.15, 0.2) is 130 Å². The van der Waals surface area contributed by atoms with E-state index in [0.717, 1.165) is 22.2 Å². The van der Waals surface area contributed by atoms with Crippen molar-refractivity contribution in [2.24, 2.45) is 0 Å². The number of carbonyl (C=O) groups excluding carboxylic acids is 2. The molecule has 2 amide bonds. The van der Waals surface area contributed by atoms with Gasteiger partial charge in [-0.15, -0.1) is 0 Å². The predicted octanol–water partition coefficient (Wildman–Crippen LogP) is 5.79. The van der Waals surface area contributed by atoms with Crippen molar-refractivity contribution in [3.8, 4) is 0 Å². The van der Waals surface area contributed by atoms with E-state index in [1.807, 2.05) is 37.3 Å². The molecule has 0 radical (unpaired) electrons. The zero-order chi connectivity index (χ0) is 26.7. The standard InChI is InChI=1S/C29H23N3O4S2/c1-20-15-17-21(18-16-20)30-26-27(29(34)32(28(26)33)23-10-4-2-5-11-23)37-24-12-8-9-22(19-24)31-38(35,36)25-13-6-3-7-14-25/h2-19,30-31H,1H3. The highest BCUT2D eigenvalue weighted by molar-refractivity contribution is 8.04. The van der Waals surface area contributed by atoms with Gasteiger partial charge in [0.1, 0.15) is 10.6 Å². The van der Waals surface area contributed by atoms with Crippen LogP contribution in [0.1, 0.15) is 5.56 Å². The highest BCUT2D eigenvalue weighted by Crippen LogP contribution is 2.38. The molecule has 0 aromatic heterocycles. The van der Waals surface area contributed by atoms with Crippen molar-refractivity contribution in [2.45, 2.75) is 16.7 Å². The van der Waals surface area contributed by atoms with Crippen LogP contribution in [0.25, 0.3) is 0 Å². The van der Waals surface area contributed by atoms with E-state index in [0.29, 0.717) is 22.0 Å². The lowest BCUT2D eigenvalue weighted by Crippen LogP contribution is -2.32. The molecule has 190 valence electrons. The first kappa shape index (κ1) is 25.3. The molecule has 38 heavy (non-hydrogen) atoms. The Hall–Kier alpha value is -4.34. The van der Waals surface area contributed by atoms with E-state index in [1.165, 1.54) is 12.1 Å². The number of rotatable bonds is 8. The number of benzene rings is 4. The molecule has 0 saturated heterocycles. The minimum absolute atomic E-state index is 0.139. The molecule has 4 aromatic carbocycles. The normalized spacial score (nSPS) is 13.7. The number of nitrogens with one attached hydrogen (secondary N) is 2. The number of hydrogen-bond donors (Lipinski definition) is 2. The zero-order valence-corrected chi connectivity index (χ0v) is 21.9. The lowest BCUT2D eigenvalue weighted by Gasteiger charge is -2.15. The predicted molar refractivity (Wildman–Crippen MR) is 150 cm³/mol. The van der Waals surface area contributed by atoms with E-state index in [9.17, 15) is 18.0 Å². The third kappa shape index (κ3) is 5.34. The maximum atomic E-state index is 13.5. The van der Waals surface area contributed by atoms with Crippen molar-refractivity contribution in [3.63, 3.8) is 0 Å². The Morgan fingerprint density at radius 2 is 1.37 bits per heavy atom. The summed E-state index contributed by atoms with van der Waals surface area (Å²) in [4.78, 5) is 29.1. The van der Waals surface area contributed by atoms with Crippen LogP contribution in [-0.2, 0) is 19.6 Å². The van der Waals surface area contributed by atoms with E-state index < -0.39 is 21.8 Å². The van der Waals surface area contributed by atoms with Gasteiger partial charge in [0.15, 0.2) is 0 Å². The van der Waals surface area contributed by atoms with Gasteiger partial charge >= 0.3 is 0 Å². The second-order valence-electron chi connectivity index (χ2n) is 8.52. The van der Waals surface area contributed by atoms with Crippen LogP contribution in [0.2, 0.25) is 0 Å². The number of anilines is 3. The fourth-order valence-electron chi connectivity index (χ4n) is 3.86. The van der Waals surface area contributed by atoms with Crippen LogP contribution >= 0.6 is 11.8 Å². The quantitative estimate of drug-likeness (QED) is 0.275. The number of hydrogen-bond acceptors (Lipinski definition) is 6. The summed E-state index contributed by atoms with van der Waals surface area (Å²) in [5.74, 6) is -0.929. The van der Waals surface area contributed by atoms with E-state index in [4.69, 9.17) is 0 Å². The number of carbonyl (C=O) groups is 2. The molecule has 0 saturated carbocycles. The third-order valence-corrected chi connectivity index (χ3v) is 8.21. The van der Waals surface area contributed by atoms with Crippen LogP contribution in [0.5, 0.6) is 0 Å². The molecule has 0 bridgehead atoms. The number of imide groups is 1. The number of nitrogens with zero attached hydrogens (tertiary/aromatic N) is 1. The van der Waals surface area contributed by atoms with Gasteiger partial charge in [0.25, 0.3) is 21.8 Å². The molecule has 1 aliphatic rings. The molecule has 0 fully saturated rings. The Bertz CT molecular complexity index is 1640. The summed E-state index contributed by atoms with van der Waals surface area (Å²) < 4.78 is 28.2. The SMILES string of the molecule is Cc1ccc(NC2=C(Sc3cccc(NS(=O)(=O)c4ccccc4)c3)C(=O)N(c3ccccc3)C2=O)cc1. The molecule has 7 nitrogen and oxygen atoms in total. The summed E-state index contributed by atoms with van der Waals surface area (Å²) in [7, 11) is -3.79. The zero-order valence-electron chi connectivity index (χ0n) is 20.3. The van der Waals surface area contributed by atoms with E-state index >= 15 is 0 Å². The first-order chi connectivity index (χ1) is 18.3. The molecule has 0 spiro atoms. The molecule has 5 rings (SSSR count). The molecular weight excluding hydrogens is 518 g/mol. The highest BCUT2D eigenvalue weighted by atomic mass is 32.2. The molecule has 0 atom stereocenters. The Labute approximate surface area is 225 Å². The fourth-order valence-corrected chi connectivity index (χ4v) is 5.92. The number of sulfonamides is 1. The van der Waals surface area contributed by atoms with E-state index in [-0.39, 0.29) is 15.5 Å². The van der Waals surface area contributed by atoms with Gasteiger partial charge in [0, 0.05) is 16.3 Å². The Morgan fingerprint density at radius 3 is 2.05 bits per heavy atom. The molecule has 0 unspecified atom stereocenters. The van der Waals surface area contributed by atoms with Crippen molar-refractivity contribution >= 4 is 50.7 Å². The van der Waals surface area contributed by atoms with Gasteiger partial charge in [-0.2, -0.15) is 0 Å². The maximum absolute atomic E-state index is 13.5. The van der Waals surface area contributed by atoms with Gasteiger partial charge in [0.2, 0.25) is 0 Å². The van der Waals surface area contributed by atoms with Gasteiger partial charge in [-0.25, -0.2) is 13.3 Å². The minimum atomic E-state index is -3.79. The minimum Gasteiger partial charge on any atom is -0.350 e. The second kappa shape index (κ2) is 10.6. The molecule has 0 aliphatic carbocycles. The number of thioether (sulfide) groups is 1. The summed E-state index contributed by atoms with van der Waals surface area (Å²) in [6.45, 7) is 1.96. The van der Waals surface area contributed by atoms with Crippen LogP contribution < -0.4 is 14.9 Å². The number of amides is 2.